The molecule has 0 heterocycles. The number of hydrogen-bond donors (Lipinski definition) is 1. The van der Waals surface area contributed by atoms with Crippen LogP contribution in [0.15, 0.2) is 66.7 Å². The summed E-state index contributed by atoms with van der Waals surface area (Å²) >= 11 is 11.8. The number of hydrogen-bond acceptors (Lipinski definition) is 4. The first-order chi connectivity index (χ1) is 12.9. The SMILES string of the molecule is O=C(Nc1ccccc1Cl)c1ccc(Oc2ccc(Cl)cc2)c([N+](=O)[O-])c1. The summed E-state index contributed by atoms with van der Waals surface area (Å²) in [4.78, 5) is 23.2. The van der Waals surface area contributed by atoms with Crippen LogP contribution in [0.25, 0.3) is 0 Å². The van der Waals surface area contributed by atoms with Crippen molar-refractivity contribution in [2.24, 2.45) is 0 Å². The van der Waals surface area contributed by atoms with Gasteiger partial charge in [-0.2, -0.15) is 0 Å². The summed E-state index contributed by atoms with van der Waals surface area (Å²) in [7, 11) is 0. The van der Waals surface area contributed by atoms with Crippen molar-refractivity contribution in [2.75, 3.05) is 5.32 Å². The van der Waals surface area contributed by atoms with Gasteiger partial charge < -0.3 is 10.1 Å². The number of anilines is 1. The Morgan fingerprint density at radius 2 is 1.70 bits per heavy atom. The van der Waals surface area contributed by atoms with E-state index in [1.807, 2.05) is 0 Å². The molecule has 0 saturated heterocycles. The Labute approximate surface area is 164 Å². The van der Waals surface area contributed by atoms with Crippen LogP contribution in [0, 0.1) is 10.1 Å². The second-order valence-electron chi connectivity index (χ2n) is 5.43. The number of carbonyl (C=O) groups is 1. The van der Waals surface area contributed by atoms with Gasteiger partial charge in [0.25, 0.3) is 5.91 Å². The predicted molar refractivity (Wildman–Crippen MR) is 104 cm³/mol. The van der Waals surface area contributed by atoms with Gasteiger partial charge in [-0.1, -0.05) is 35.3 Å². The molecule has 27 heavy (non-hydrogen) atoms. The minimum absolute atomic E-state index is 0.0108. The van der Waals surface area contributed by atoms with E-state index in [0.717, 1.165) is 6.07 Å². The maximum atomic E-state index is 12.4. The number of rotatable bonds is 5. The largest absolute Gasteiger partial charge is 0.450 e. The molecule has 0 aliphatic heterocycles. The summed E-state index contributed by atoms with van der Waals surface area (Å²) in [6.07, 6.45) is 0. The molecule has 0 aliphatic carbocycles. The zero-order valence-electron chi connectivity index (χ0n) is 13.7. The molecular weight excluding hydrogens is 391 g/mol. The Bertz CT molecular complexity index is 1010. The van der Waals surface area contributed by atoms with Crippen molar-refractivity contribution in [3.05, 3.63) is 92.5 Å². The minimum atomic E-state index is -0.614. The standard InChI is InChI=1S/C19H12Cl2N2O4/c20-13-6-8-14(9-7-13)27-18-10-5-12(11-17(18)23(25)26)19(24)22-16-4-2-1-3-15(16)21/h1-11H,(H,22,24). The molecule has 3 rings (SSSR count). The summed E-state index contributed by atoms with van der Waals surface area (Å²) in [5.41, 5.74) is 0.176. The van der Waals surface area contributed by atoms with Gasteiger partial charge in [0.2, 0.25) is 5.75 Å². The van der Waals surface area contributed by atoms with Gasteiger partial charge in [0.05, 0.1) is 15.6 Å². The van der Waals surface area contributed by atoms with Crippen molar-refractivity contribution in [2.45, 2.75) is 0 Å². The topological polar surface area (TPSA) is 81.5 Å². The molecule has 0 aliphatic rings. The van der Waals surface area contributed by atoms with Crippen LogP contribution in [0.5, 0.6) is 11.5 Å². The van der Waals surface area contributed by atoms with Crippen molar-refractivity contribution in [3.63, 3.8) is 0 Å². The van der Waals surface area contributed by atoms with Crippen molar-refractivity contribution < 1.29 is 14.5 Å². The van der Waals surface area contributed by atoms with E-state index in [2.05, 4.69) is 5.32 Å². The molecule has 1 amide bonds. The van der Waals surface area contributed by atoms with E-state index in [0.29, 0.717) is 21.5 Å². The monoisotopic (exact) mass is 402 g/mol. The molecule has 3 aromatic carbocycles. The fraction of sp³-hybridized carbons (Fsp3) is 0. The first kappa shape index (κ1) is 18.7. The average Bonchev–Trinajstić information content (AvgIpc) is 2.65. The van der Waals surface area contributed by atoms with Crippen LogP contribution in [0.4, 0.5) is 11.4 Å². The Balaban J connectivity index is 1.86. The predicted octanol–water partition coefficient (Wildman–Crippen LogP) is 5.95. The van der Waals surface area contributed by atoms with Crippen LogP contribution in [0.1, 0.15) is 10.4 Å². The third-order valence-corrected chi connectivity index (χ3v) is 4.16. The highest BCUT2D eigenvalue weighted by molar-refractivity contribution is 6.33. The average molecular weight is 403 g/mol. The van der Waals surface area contributed by atoms with E-state index in [1.165, 1.54) is 12.1 Å². The van der Waals surface area contributed by atoms with Gasteiger partial charge in [0.15, 0.2) is 0 Å². The lowest BCUT2D eigenvalue weighted by atomic mass is 10.1. The van der Waals surface area contributed by atoms with E-state index in [4.69, 9.17) is 27.9 Å². The van der Waals surface area contributed by atoms with E-state index in [1.54, 1.807) is 48.5 Å². The van der Waals surface area contributed by atoms with Gasteiger partial charge in [-0.05, 0) is 48.5 Å². The molecule has 0 radical (unpaired) electrons. The zero-order valence-corrected chi connectivity index (χ0v) is 15.2. The van der Waals surface area contributed by atoms with E-state index in [-0.39, 0.29) is 17.0 Å². The van der Waals surface area contributed by atoms with Gasteiger partial charge in [-0.15, -0.1) is 0 Å². The normalized spacial score (nSPS) is 10.3. The summed E-state index contributed by atoms with van der Waals surface area (Å²) in [6.45, 7) is 0. The first-order valence-corrected chi connectivity index (χ1v) is 8.47. The Hall–Kier alpha value is -3.09. The van der Waals surface area contributed by atoms with Crippen LogP contribution in [-0.4, -0.2) is 10.8 Å². The molecule has 0 bridgehead atoms. The number of halogens is 2. The number of nitrogens with zero attached hydrogens (tertiary/aromatic N) is 1. The molecular formula is C19H12Cl2N2O4. The summed E-state index contributed by atoms with van der Waals surface area (Å²) < 4.78 is 5.54. The number of para-hydroxylation sites is 1. The first-order valence-electron chi connectivity index (χ1n) is 7.72. The number of carbonyl (C=O) groups excluding carboxylic acids is 1. The van der Waals surface area contributed by atoms with Gasteiger partial charge in [0, 0.05) is 16.7 Å². The molecule has 3 aromatic rings. The Kier molecular flexibility index (Phi) is 5.59. The number of benzene rings is 3. The highest BCUT2D eigenvalue weighted by Gasteiger charge is 2.20. The van der Waals surface area contributed by atoms with Crippen LogP contribution < -0.4 is 10.1 Å². The van der Waals surface area contributed by atoms with Crippen LogP contribution in [-0.2, 0) is 0 Å². The molecule has 0 atom stereocenters. The van der Waals surface area contributed by atoms with Crippen molar-refractivity contribution in [3.8, 4) is 11.5 Å². The highest BCUT2D eigenvalue weighted by atomic mass is 35.5. The number of nitro benzene ring substituents is 1. The maximum Gasteiger partial charge on any atom is 0.312 e. The van der Waals surface area contributed by atoms with E-state index < -0.39 is 10.8 Å². The minimum Gasteiger partial charge on any atom is -0.450 e. The van der Waals surface area contributed by atoms with Crippen LogP contribution in [0.2, 0.25) is 10.0 Å². The molecule has 0 aromatic heterocycles. The molecule has 0 saturated carbocycles. The molecule has 0 unspecified atom stereocenters. The molecule has 0 fully saturated rings. The lowest BCUT2D eigenvalue weighted by Crippen LogP contribution is -2.12. The van der Waals surface area contributed by atoms with Gasteiger partial charge in [0.1, 0.15) is 5.75 Å². The van der Waals surface area contributed by atoms with Crippen LogP contribution >= 0.6 is 23.2 Å². The van der Waals surface area contributed by atoms with E-state index >= 15 is 0 Å². The van der Waals surface area contributed by atoms with Crippen LogP contribution in [0.3, 0.4) is 0 Å². The lowest BCUT2D eigenvalue weighted by Gasteiger charge is -2.09. The molecule has 1 N–H and O–H groups in total. The Morgan fingerprint density at radius 1 is 1.00 bits per heavy atom. The van der Waals surface area contributed by atoms with Gasteiger partial charge in [-0.3, -0.25) is 14.9 Å². The van der Waals surface area contributed by atoms with Crippen molar-refractivity contribution in [1.29, 1.82) is 0 Å². The van der Waals surface area contributed by atoms with E-state index in [9.17, 15) is 14.9 Å². The summed E-state index contributed by atoms with van der Waals surface area (Å²) in [5, 5.41) is 14.9. The van der Waals surface area contributed by atoms with Gasteiger partial charge in [-0.25, -0.2) is 0 Å². The van der Waals surface area contributed by atoms with Gasteiger partial charge >= 0.3 is 5.69 Å². The Morgan fingerprint density at radius 3 is 2.37 bits per heavy atom. The summed E-state index contributed by atoms with van der Waals surface area (Å²) in [5.74, 6) is -0.128. The van der Waals surface area contributed by atoms with Crippen molar-refractivity contribution in [1.82, 2.24) is 0 Å². The zero-order chi connectivity index (χ0) is 19.4. The second kappa shape index (κ2) is 8.07. The number of amides is 1. The molecule has 0 spiro atoms. The third-order valence-electron chi connectivity index (χ3n) is 3.58. The number of nitro groups is 1. The number of ether oxygens (including phenoxy) is 1. The molecule has 8 heteroatoms. The maximum absolute atomic E-state index is 12.4. The second-order valence-corrected chi connectivity index (χ2v) is 6.27. The third kappa shape index (κ3) is 4.55. The fourth-order valence-corrected chi connectivity index (χ4v) is 2.58. The molecule has 136 valence electrons. The number of nitrogens with one attached hydrogen (secondary N) is 1. The summed E-state index contributed by atoms with van der Waals surface area (Å²) in [6, 6.07) is 17.0. The molecule has 6 nitrogen and oxygen atoms in total. The smallest absolute Gasteiger partial charge is 0.312 e. The van der Waals surface area contributed by atoms with Crippen molar-refractivity contribution >= 4 is 40.5 Å². The highest BCUT2D eigenvalue weighted by Crippen LogP contribution is 2.33. The fourth-order valence-electron chi connectivity index (χ4n) is 2.27. The lowest BCUT2D eigenvalue weighted by molar-refractivity contribution is -0.385. The quantitative estimate of drug-likeness (QED) is 0.422.